The van der Waals surface area contributed by atoms with Crippen LogP contribution in [0.25, 0.3) is 6.08 Å². The van der Waals surface area contributed by atoms with Gasteiger partial charge in [0, 0.05) is 0 Å². The van der Waals surface area contributed by atoms with Gasteiger partial charge in [-0.1, -0.05) is 51.1 Å². The lowest BCUT2D eigenvalue weighted by Gasteiger charge is -2.28. The zero-order valence-corrected chi connectivity index (χ0v) is 14.2. The molecule has 3 nitrogen and oxygen atoms in total. The Bertz CT molecular complexity index is 833. The van der Waals surface area contributed by atoms with Gasteiger partial charge in [-0.2, -0.15) is 5.10 Å². The molecule has 23 heavy (non-hydrogen) atoms. The molecule has 0 spiro atoms. The first-order chi connectivity index (χ1) is 10.9. The predicted octanol–water partition coefficient (Wildman–Crippen LogP) is 3.30. The van der Waals surface area contributed by atoms with E-state index in [1.807, 2.05) is 29.3 Å². The van der Waals surface area contributed by atoms with Gasteiger partial charge in [-0.25, -0.2) is 0 Å². The summed E-state index contributed by atoms with van der Waals surface area (Å²) < 4.78 is 0. The van der Waals surface area contributed by atoms with Crippen LogP contribution < -0.4 is 15.6 Å². The van der Waals surface area contributed by atoms with Crippen molar-refractivity contribution >= 4 is 11.8 Å². The third-order valence-electron chi connectivity index (χ3n) is 4.34. The highest BCUT2D eigenvalue weighted by molar-refractivity contribution is 5.60. The van der Waals surface area contributed by atoms with Crippen LogP contribution in [0.4, 0.5) is 5.69 Å². The van der Waals surface area contributed by atoms with Crippen molar-refractivity contribution < 1.29 is 5.11 Å². The maximum Gasteiger partial charge on any atom is 0.140 e. The molecule has 2 aromatic rings. The Morgan fingerprint density at radius 1 is 1.13 bits per heavy atom. The quantitative estimate of drug-likeness (QED) is 0.877. The van der Waals surface area contributed by atoms with Crippen LogP contribution in [-0.4, -0.2) is 11.1 Å². The van der Waals surface area contributed by atoms with Gasteiger partial charge in [-0.05, 0) is 47.7 Å². The number of aromatic hydroxyl groups is 1. The van der Waals surface area contributed by atoms with Gasteiger partial charge in [0.25, 0.3) is 0 Å². The first-order valence-electron chi connectivity index (χ1n) is 8.13. The Hall–Kier alpha value is -2.29. The summed E-state index contributed by atoms with van der Waals surface area (Å²) >= 11 is 0. The van der Waals surface area contributed by atoms with Crippen molar-refractivity contribution in [1.29, 1.82) is 0 Å². The maximum atomic E-state index is 10.4. The molecule has 0 fully saturated rings. The largest absolute Gasteiger partial charge is 0.506 e. The summed E-state index contributed by atoms with van der Waals surface area (Å²) in [7, 11) is 0. The van der Waals surface area contributed by atoms with E-state index < -0.39 is 0 Å². The fourth-order valence-corrected chi connectivity index (χ4v) is 2.83. The third kappa shape index (κ3) is 3.09. The van der Waals surface area contributed by atoms with Crippen LogP contribution in [0.3, 0.4) is 0 Å². The van der Waals surface area contributed by atoms with Crippen molar-refractivity contribution in [3.63, 3.8) is 0 Å². The number of nitrogens with zero attached hydrogens (tertiary/aromatic N) is 2. The number of hydrogen-bond acceptors (Lipinski definition) is 3. The smallest absolute Gasteiger partial charge is 0.140 e. The highest BCUT2D eigenvalue weighted by Gasteiger charge is 2.21. The van der Waals surface area contributed by atoms with Gasteiger partial charge in [0.15, 0.2) is 0 Å². The van der Waals surface area contributed by atoms with Crippen LogP contribution in [0.15, 0.2) is 47.6 Å². The van der Waals surface area contributed by atoms with Gasteiger partial charge in [-0.3, -0.25) is 5.01 Å². The van der Waals surface area contributed by atoms with E-state index in [-0.39, 0.29) is 17.2 Å². The summed E-state index contributed by atoms with van der Waals surface area (Å²) in [4.78, 5) is 0. The lowest BCUT2D eigenvalue weighted by Crippen LogP contribution is -2.31. The molecule has 2 aromatic carbocycles. The van der Waals surface area contributed by atoms with Gasteiger partial charge < -0.3 is 5.11 Å². The Balaban J connectivity index is 2.17. The monoisotopic (exact) mass is 308 g/mol. The lowest BCUT2D eigenvalue weighted by molar-refractivity contribution is 0.470. The average Bonchev–Trinajstić information content (AvgIpc) is 2.66. The van der Waals surface area contributed by atoms with Crippen LogP contribution in [0.1, 0.15) is 39.7 Å². The minimum absolute atomic E-state index is 0.0293. The van der Waals surface area contributed by atoms with E-state index in [0.29, 0.717) is 0 Å². The fraction of sp³-hybridized carbons (Fsp3) is 0.350. The number of anilines is 1. The van der Waals surface area contributed by atoms with Crippen molar-refractivity contribution in [3.8, 4) is 5.75 Å². The number of fused-ring (bicyclic) bond motifs is 1. The molecule has 0 amide bonds. The van der Waals surface area contributed by atoms with Crippen molar-refractivity contribution in [3.05, 3.63) is 58.6 Å². The number of hydrogen-bond donors (Lipinski definition) is 1. The molecule has 0 bridgehead atoms. The molecule has 1 heterocycles. The zero-order chi connectivity index (χ0) is 16.6. The number of phenolic OH excluding ortho intramolecular Hbond substituents is 1. The number of phenols is 1. The van der Waals surface area contributed by atoms with Crippen LogP contribution in [0.5, 0.6) is 5.75 Å². The van der Waals surface area contributed by atoms with Gasteiger partial charge in [0.1, 0.15) is 11.4 Å². The molecular formula is C20H24N2O. The molecule has 1 unspecified atom stereocenters. The molecule has 0 saturated carbocycles. The average molecular weight is 308 g/mol. The molecule has 0 aromatic heterocycles. The molecule has 3 heteroatoms. The van der Waals surface area contributed by atoms with Crippen molar-refractivity contribution in [2.75, 3.05) is 5.01 Å². The van der Waals surface area contributed by atoms with Crippen molar-refractivity contribution in [2.45, 2.75) is 45.6 Å². The van der Waals surface area contributed by atoms with E-state index in [1.165, 1.54) is 5.56 Å². The van der Waals surface area contributed by atoms with Gasteiger partial charge in [0.2, 0.25) is 0 Å². The van der Waals surface area contributed by atoms with E-state index in [4.69, 9.17) is 5.10 Å². The first kappa shape index (κ1) is 15.6. The summed E-state index contributed by atoms with van der Waals surface area (Å²) in [6.07, 6.45) is 3.11. The van der Waals surface area contributed by atoms with E-state index >= 15 is 0 Å². The van der Waals surface area contributed by atoms with Crippen molar-refractivity contribution in [1.82, 2.24) is 0 Å². The predicted molar refractivity (Wildman–Crippen MR) is 95.1 cm³/mol. The minimum Gasteiger partial charge on any atom is -0.506 e. The fourth-order valence-electron chi connectivity index (χ4n) is 2.83. The van der Waals surface area contributed by atoms with Gasteiger partial charge in [-0.15, -0.1) is 0 Å². The van der Waals surface area contributed by atoms with Crippen molar-refractivity contribution in [2.24, 2.45) is 5.10 Å². The molecule has 3 rings (SSSR count). The standard InChI is InChI=1S/C20H24N2O/c1-14-9-10-15-7-5-6-8-17(15)21-22(14)18-13-16(20(2,3)4)11-12-19(18)23/h5-8,10-14,23H,9H2,1-4H3. The van der Waals surface area contributed by atoms with Crippen LogP contribution in [-0.2, 0) is 5.41 Å². The molecule has 120 valence electrons. The van der Waals surface area contributed by atoms with Gasteiger partial charge in [0.05, 0.1) is 11.4 Å². The summed E-state index contributed by atoms with van der Waals surface area (Å²) in [5.41, 5.74) is 1.99. The zero-order valence-electron chi connectivity index (χ0n) is 14.2. The highest BCUT2D eigenvalue weighted by atomic mass is 16.3. The number of benzene rings is 2. The normalized spacial score (nSPS) is 17.7. The molecule has 0 radical (unpaired) electrons. The Morgan fingerprint density at radius 2 is 1.87 bits per heavy atom. The SMILES string of the molecule is CC1CC=c2ccccc2=NN1c1cc(C(C)(C)C)ccc1O. The van der Waals surface area contributed by atoms with Crippen LogP contribution in [0, 0.1) is 0 Å². The highest BCUT2D eigenvalue weighted by Crippen LogP contribution is 2.34. The second-order valence-corrected chi connectivity index (χ2v) is 7.25. The molecule has 1 atom stereocenters. The summed E-state index contributed by atoms with van der Waals surface area (Å²) in [5.74, 6) is 0.271. The summed E-state index contributed by atoms with van der Waals surface area (Å²) in [5, 5.41) is 19.3. The van der Waals surface area contributed by atoms with E-state index in [9.17, 15) is 5.11 Å². The third-order valence-corrected chi connectivity index (χ3v) is 4.34. The minimum atomic E-state index is 0.0293. The summed E-state index contributed by atoms with van der Waals surface area (Å²) in [6.45, 7) is 8.66. The molecule has 1 aliphatic rings. The maximum absolute atomic E-state index is 10.4. The van der Waals surface area contributed by atoms with E-state index in [1.54, 1.807) is 6.07 Å². The molecule has 0 saturated heterocycles. The second-order valence-electron chi connectivity index (χ2n) is 7.25. The number of rotatable bonds is 1. The topological polar surface area (TPSA) is 35.8 Å². The molecular weight excluding hydrogens is 284 g/mol. The first-order valence-corrected chi connectivity index (χ1v) is 8.13. The van der Waals surface area contributed by atoms with E-state index in [0.717, 1.165) is 22.7 Å². The van der Waals surface area contributed by atoms with Crippen LogP contribution >= 0.6 is 0 Å². The van der Waals surface area contributed by atoms with E-state index in [2.05, 4.69) is 45.9 Å². The molecule has 0 aliphatic carbocycles. The molecule has 1 N–H and O–H groups in total. The summed E-state index contributed by atoms with van der Waals surface area (Å²) in [6, 6.07) is 14.1. The van der Waals surface area contributed by atoms with Crippen LogP contribution in [0.2, 0.25) is 0 Å². The van der Waals surface area contributed by atoms with Gasteiger partial charge >= 0.3 is 0 Å². The molecule has 1 aliphatic heterocycles. The Labute approximate surface area is 137 Å². The lowest BCUT2D eigenvalue weighted by atomic mass is 9.86. The Morgan fingerprint density at radius 3 is 2.61 bits per heavy atom. The Kier molecular flexibility index (Phi) is 3.88. The second kappa shape index (κ2) is 5.73.